The Kier molecular flexibility index (Phi) is 9.81. The van der Waals surface area contributed by atoms with Gasteiger partial charge < -0.3 is 28.9 Å². The fourth-order valence-electron chi connectivity index (χ4n) is 9.11. The number of alkyl halides is 2. The van der Waals surface area contributed by atoms with E-state index >= 15 is 0 Å². The first kappa shape index (κ1) is 36.7. The highest BCUT2D eigenvalue weighted by atomic mass is 19.3. The van der Waals surface area contributed by atoms with E-state index in [1.54, 1.807) is 30.2 Å². The van der Waals surface area contributed by atoms with Crippen molar-refractivity contribution in [1.29, 1.82) is 0 Å². The summed E-state index contributed by atoms with van der Waals surface area (Å²) in [4.78, 5) is 35.3. The van der Waals surface area contributed by atoms with Gasteiger partial charge in [-0.1, -0.05) is 0 Å². The lowest BCUT2D eigenvalue weighted by atomic mass is 9.61. The molecule has 13 heteroatoms. The highest BCUT2D eigenvalue weighted by Crippen LogP contribution is 2.50. The number of ether oxygens (including phenoxy) is 3. The predicted molar refractivity (Wildman–Crippen MR) is 199 cm³/mol. The maximum absolute atomic E-state index is 14.9. The number of amides is 2. The largest absolute Gasteiger partial charge is 0.474 e. The molecule has 0 radical (unpaired) electrons. The maximum Gasteiger partial charge on any atom is 0.410 e. The van der Waals surface area contributed by atoms with Crippen LogP contribution in [0.15, 0.2) is 30.5 Å². The molecule has 2 saturated heterocycles. The van der Waals surface area contributed by atoms with Crippen LogP contribution in [0.1, 0.15) is 107 Å². The molecular formula is C41H52F2N6O5. The molecule has 3 fully saturated rings. The summed E-state index contributed by atoms with van der Waals surface area (Å²) >= 11 is 0. The Hall–Kier alpha value is -4.26. The molecule has 0 bridgehead atoms. The third-order valence-corrected chi connectivity index (χ3v) is 12.0. The van der Waals surface area contributed by atoms with Crippen LogP contribution in [0.2, 0.25) is 0 Å². The standard InChI is InChI=1S/C41H52F2N6O5/c1-26(50)47-15-9-34-33(25-47)38(45-49(34)29-10-18-52-19-11-29)48-14-5-6-27-20-31(32(37(42)43)21-35(27)48)28-7-8-36(44-24-28)53-30-22-41(23-30)12-16-46(17-13-41)39(51)54-40(2,3)4/h7-8,20-21,24,29-30,37H,5-6,9-19,22-23,25H2,1-4H3. The van der Waals surface area contributed by atoms with E-state index in [1.165, 1.54) is 0 Å². The van der Waals surface area contributed by atoms with Crippen LogP contribution in [0.3, 0.4) is 0 Å². The van der Waals surface area contributed by atoms with Gasteiger partial charge in [0.05, 0.1) is 12.6 Å². The summed E-state index contributed by atoms with van der Waals surface area (Å²) in [5, 5.41) is 5.20. The molecule has 1 spiro atoms. The van der Waals surface area contributed by atoms with Crippen molar-refractivity contribution >= 4 is 23.5 Å². The minimum atomic E-state index is -2.69. The van der Waals surface area contributed by atoms with Crippen molar-refractivity contribution in [3.05, 3.63) is 52.8 Å². The molecule has 6 heterocycles. The molecule has 8 rings (SSSR count). The number of fused-ring (bicyclic) bond motifs is 2. The van der Waals surface area contributed by atoms with E-state index in [2.05, 4.69) is 14.6 Å². The summed E-state index contributed by atoms with van der Waals surface area (Å²) in [7, 11) is 0. The molecule has 1 saturated carbocycles. The van der Waals surface area contributed by atoms with Crippen LogP contribution >= 0.6 is 0 Å². The van der Waals surface area contributed by atoms with Gasteiger partial charge in [-0.25, -0.2) is 18.6 Å². The first-order chi connectivity index (χ1) is 25.9. The fourth-order valence-corrected chi connectivity index (χ4v) is 9.11. The SMILES string of the molecule is CC(=O)N1CCc2c(c(N3CCCc4cc(-c5ccc(OC6CC7(CCN(C(=O)OC(C)(C)C)CC7)C6)nc5)c(C(F)F)cc43)nn2C2CCOCC2)C1. The lowest BCUT2D eigenvalue weighted by Gasteiger charge is -2.51. The molecule has 2 amide bonds. The Balaban J connectivity index is 0.988. The second-order valence-electron chi connectivity index (χ2n) is 16.9. The first-order valence-corrected chi connectivity index (χ1v) is 19.6. The summed E-state index contributed by atoms with van der Waals surface area (Å²) in [6.45, 7) is 11.7. The van der Waals surface area contributed by atoms with Crippen LogP contribution in [0, 0.1) is 5.41 Å². The average Bonchev–Trinajstić information content (AvgIpc) is 3.52. The van der Waals surface area contributed by atoms with Crippen LogP contribution in [0.25, 0.3) is 11.1 Å². The Morgan fingerprint density at radius 1 is 1.00 bits per heavy atom. The number of benzene rings is 1. The van der Waals surface area contributed by atoms with Crippen molar-refractivity contribution in [2.75, 3.05) is 44.3 Å². The van der Waals surface area contributed by atoms with Gasteiger partial charge in [0.1, 0.15) is 11.7 Å². The van der Waals surface area contributed by atoms with Gasteiger partial charge in [0.2, 0.25) is 11.8 Å². The second kappa shape index (κ2) is 14.4. The number of rotatable bonds is 6. The summed E-state index contributed by atoms with van der Waals surface area (Å²) in [6, 6.07) is 7.37. The van der Waals surface area contributed by atoms with Crippen LogP contribution in [0.4, 0.5) is 25.1 Å². The maximum atomic E-state index is 14.9. The Morgan fingerprint density at radius 2 is 1.76 bits per heavy atom. The quantitative estimate of drug-likeness (QED) is 0.252. The third-order valence-electron chi connectivity index (χ3n) is 12.0. The molecule has 290 valence electrons. The van der Waals surface area contributed by atoms with Gasteiger partial charge in [0.15, 0.2) is 5.82 Å². The minimum Gasteiger partial charge on any atom is -0.474 e. The highest BCUT2D eigenvalue weighted by molar-refractivity contribution is 5.78. The summed E-state index contributed by atoms with van der Waals surface area (Å²) in [6.07, 6.45) is 6.43. The van der Waals surface area contributed by atoms with Gasteiger partial charge in [-0.15, -0.1) is 0 Å². The molecule has 11 nitrogen and oxygen atoms in total. The number of piperidine rings is 1. The van der Waals surface area contributed by atoms with Crippen molar-refractivity contribution in [1.82, 2.24) is 24.6 Å². The van der Waals surface area contributed by atoms with Gasteiger partial charge in [-0.3, -0.25) is 9.48 Å². The zero-order valence-electron chi connectivity index (χ0n) is 31.9. The molecule has 5 aliphatic rings. The predicted octanol–water partition coefficient (Wildman–Crippen LogP) is 7.78. The molecule has 2 aromatic heterocycles. The number of aryl methyl sites for hydroxylation is 1. The van der Waals surface area contributed by atoms with E-state index in [0.717, 1.165) is 79.7 Å². The third kappa shape index (κ3) is 7.27. The number of anilines is 2. The van der Waals surface area contributed by atoms with E-state index in [-0.39, 0.29) is 35.1 Å². The lowest BCUT2D eigenvalue weighted by Crippen LogP contribution is -2.52. The van der Waals surface area contributed by atoms with Crippen molar-refractivity contribution in [3.63, 3.8) is 0 Å². The molecular weight excluding hydrogens is 694 g/mol. The molecule has 4 aliphatic heterocycles. The van der Waals surface area contributed by atoms with E-state index in [4.69, 9.17) is 19.3 Å². The highest BCUT2D eigenvalue weighted by Gasteiger charge is 2.48. The molecule has 54 heavy (non-hydrogen) atoms. The number of hydrogen-bond acceptors (Lipinski definition) is 8. The van der Waals surface area contributed by atoms with E-state index in [1.807, 2.05) is 37.8 Å². The fraction of sp³-hybridized carbons (Fsp3) is 0.610. The zero-order valence-corrected chi connectivity index (χ0v) is 31.9. The van der Waals surface area contributed by atoms with Crippen LogP contribution < -0.4 is 9.64 Å². The molecule has 0 unspecified atom stereocenters. The van der Waals surface area contributed by atoms with Gasteiger partial charge in [-0.2, -0.15) is 5.10 Å². The molecule has 1 aromatic carbocycles. The number of carbonyl (C=O) groups is 2. The van der Waals surface area contributed by atoms with E-state index in [9.17, 15) is 18.4 Å². The van der Waals surface area contributed by atoms with Gasteiger partial charge in [-0.05, 0) is 107 Å². The van der Waals surface area contributed by atoms with Gasteiger partial charge in [0, 0.05) is 93.1 Å². The van der Waals surface area contributed by atoms with E-state index in [0.29, 0.717) is 69.4 Å². The smallest absolute Gasteiger partial charge is 0.410 e. The molecule has 0 N–H and O–H groups in total. The monoisotopic (exact) mass is 746 g/mol. The van der Waals surface area contributed by atoms with Crippen molar-refractivity contribution in [2.45, 2.75) is 116 Å². The summed E-state index contributed by atoms with van der Waals surface area (Å²) in [5.74, 6) is 1.27. The number of carbonyl (C=O) groups excluding carboxylic acids is 2. The van der Waals surface area contributed by atoms with E-state index < -0.39 is 12.0 Å². The van der Waals surface area contributed by atoms with Crippen LogP contribution in [-0.4, -0.2) is 87.7 Å². The average molecular weight is 747 g/mol. The van der Waals surface area contributed by atoms with Crippen LogP contribution in [-0.2, 0) is 33.7 Å². The first-order valence-electron chi connectivity index (χ1n) is 19.6. The number of likely N-dealkylation sites (tertiary alicyclic amines) is 1. The number of pyridine rings is 1. The number of halogens is 2. The Bertz CT molecular complexity index is 1870. The number of aromatic nitrogens is 3. The summed E-state index contributed by atoms with van der Waals surface area (Å²) in [5.41, 5.74) is 4.61. The molecule has 3 aromatic rings. The molecule has 0 atom stereocenters. The van der Waals surface area contributed by atoms with Crippen molar-refractivity contribution in [3.8, 4) is 17.0 Å². The van der Waals surface area contributed by atoms with Gasteiger partial charge >= 0.3 is 6.09 Å². The minimum absolute atomic E-state index is 0.0214. The number of nitrogens with zero attached hydrogens (tertiary/aromatic N) is 6. The normalized spacial score (nSPS) is 20.5. The van der Waals surface area contributed by atoms with Crippen molar-refractivity contribution < 1.29 is 32.6 Å². The number of hydrogen-bond donors (Lipinski definition) is 0. The van der Waals surface area contributed by atoms with Crippen LogP contribution in [0.5, 0.6) is 5.88 Å². The lowest BCUT2D eigenvalue weighted by molar-refractivity contribution is -0.129. The zero-order chi connectivity index (χ0) is 37.8. The summed E-state index contributed by atoms with van der Waals surface area (Å²) < 4.78 is 49.4. The molecule has 1 aliphatic carbocycles. The Morgan fingerprint density at radius 3 is 2.43 bits per heavy atom. The topological polar surface area (TPSA) is 102 Å². The van der Waals surface area contributed by atoms with Crippen molar-refractivity contribution in [2.24, 2.45) is 5.41 Å². The second-order valence-corrected chi connectivity index (χ2v) is 16.9. The van der Waals surface area contributed by atoms with Gasteiger partial charge in [0.25, 0.3) is 6.43 Å². The Labute approximate surface area is 315 Å².